The molecule has 0 fully saturated rings. The molecule has 0 atom stereocenters. The van der Waals surface area contributed by atoms with Crippen LogP contribution in [0.1, 0.15) is 33.2 Å². The Morgan fingerprint density at radius 3 is 2.50 bits per heavy atom. The number of sulfonamides is 1. The van der Waals surface area contributed by atoms with Gasteiger partial charge >= 0.3 is 5.97 Å². The van der Waals surface area contributed by atoms with Crippen molar-refractivity contribution >= 4 is 54.3 Å². The zero-order valence-corrected chi connectivity index (χ0v) is 20.0. The maximum Gasteiger partial charge on any atom is 0.338 e. The quantitative estimate of drug-likeness (QED) is 0.355. The molecule has 4 aromatic rings. The number of hydrogen-bond donors (Lipinski definition) is 2. The first-order chi connectivity index (χ1) is 16.2. The summed E-state index contributed by atoms with van der Waals surface area (Å²) in [6.07, 6.45) is 0. The van der Waals surface area contributed by atoms with Gasteiger partial charge in [-0.25, -0.2) is 18.2 Å². The number of carbonyl (C=O) groups is 2. The van der Waals surface area contributed by atoms with Crippen molar-refractivity contribution in [2.75, 3.05) is 16.6 Å². The molecule has 0 aliphatic rings. The van der Waals surface area contributed by atoms with Crippen molar-refractivity contribution in [2.45, 2.75) is 18.7 Å². The molecule has 0 aliphatic heterocycles. The predicted molar refractivity (Wildman–Crippen MR) is 132 cm³/mol. The molecule has 1 aromatic heterocycles. The Kier molecular flexibility index (Phi) is 6.62. The molecule has 1 heterocycles. The summed E-state index contributed by atoms with van der Waals surface area (Å²) in [5.74, 6) is -0.866. The summed E-state index contributed by atoms with van der Waals surface area (Å²) in [4.78, 5) is 29.2. The summed E-state index contributed by atoms with van der Waals surface area (Å²) in [7, 11) is -3.79. The Hall–Kier alpha value is -3.76. The topological polar surface area (TPSA) is 114 Å². The van der Waals surface area contributed by atoms with Gasteiger partial charge in [0.15, 0.2) is 5.13 Å². The lowest BCUT2D eigenvalue weighted by Crippen LogP contribution is -2.15. The van der Waals surface area contributed by atoms with Gasteiger partial charge in [-0.2, -0.15) is 0 Å². The van der Waals surface area contributed by atoms with E-state index in [-0.39, 0.29) is 22.8 Å². The second-order valence-corrected chi connectivity index (χ2v) is 10.1. The van der Waals surface area contributed by atoms with Crippen LogP contribution in [0.15, 0.2) is 71.6 Å². The van der Waals surface area contributed by atoms with Crippen LogP contribution in [0.25, 0.3) is 10.2 Å². The molecule has 0 radical (unpaired) electrons. The minimum atomic E-state index is -3.79. The first kappa shape index (κ1) is 23.4. The molecule has 10 heteroatoms. The fourth-order valence-electron chi connectivity index (χ4n) is 3.14. The smallest absolute Gasteiger partial charge is 0.338 e. The number of fused-ring (bicyclic) bond motifs is 1. The van der Waals surface area contributed by atoms with Gasteiger partial charge in [0, 0.05) is 11.3 Å². The number of anilines is 2. The lowest BCUT2D eigenvalue weighted by atomic mass is 10.2. The van der Waals surface area contributed by atoms with E-state index >= 15 is 0 Å². The number of carbonyl (C=O) groups excluding carboxylic acids is 2. The molecular weight excluding hydrogens is 474 g/mol. The summed E-state index contributed by atoms with van der Waals surface area (Å²) in [5, 5.41) is 3.08. The molecule has 0 unspecified atom stereocenters. The molecule has 0 bridgehead atoms. The number of ether oxygens (including phenoxy) is 1. The molecule has 0 saturated heterocycles. The van der Waals surface area contributed by atoms with Gasteiger partial charge in [0.1, 0.15) is 0 Å². The van der Waals surface area contributed by atoms with Crippen LogP contribution in [0, 0.1) is 6.92 Å². The van der Waals surface area contributed by atoms with E-state index in [0.717, 1.165) is 10.3 Å². The molecule has 8 nitrogen and oxygen atoms in total. The minimum Gasteiger partial charge on any atom is -0.462 e. The van der Waals surface area contributed by atoms with Crippen LogP contribution in [0.5, 0.6) is 0 Å². The van der Waals surface area contributed by atoms with Crippen molar-refractivity contribution in [1.82, 2.24) is 4.98 Å². The maximum atomic E-state index is 12.8. The highest BCUT2D eigenvalue weighted by Crippen LogP contribution is 2.28. The predicted octanol–water partition coefficient (Wildman–Crippen LogP) is 4.83. The van der Waals surface area contributed by atoms with Crippen LogP contribution in [0.2, 0.25) is 0 Å². The number of thiazole rings is 1. The van der Waals surface area contributed by atoms with Gasteiger partial charge < -0.3 is 4.74 Å². The Bertz CT molecular complexity index is 1480. The lowest BCUT2D eigenvalue weighted by Gasteiger charge is -2.10. The lowest BCUT2D eigenvalue weighted by molar-refractivity contribution is 0.0526. The van der Waals surface area contributed by atoms with E-state index < -0.39 is 21.9 Å². The zero-order valence-electron chi connectivity index (χ0n) is 18.4. The number of benzene rings is 3. The van der Waals surface area contributed by atoms with Gasteiger partial charge in [-0.1, -0.05) is 35.1 Å². The van der Waals surface area contributed by atoms with Gasteiger partial charge in [-0.3, -0.25) is 14.8 Å². The van der Waals surface area contributed by atoms with Crippen molar-refractivity contribution in [2.24, 2.45) is 0 Å². The van der Waals surface area contributed by atoms with E-state index in [1.54, 1.807) is 55.5 Å². The zero-order chi connectivity index (χ0) is 24.3. The van der Waals surface area contributed by atoms with Gasteiger partial charge in [0.2, 0.25) is 0 Å². The number of amides is 1. The van der Waals surface area contributed by atoms with Crippen molar-refractivity contribution in [3.05, 3.63) is 83.4 Å². The van der Waals surface area contributed by atoms with E-state index in [1.165, 1.54) is 29.5 Å². The monoisotopic (exact) mass is 495 g/mol. The molecule has 0 spiro atoms. The fraction of sp³-hybridized carbons (Fsp3) is 0.125. The standard InChI is InChI=1S/C24H21N3O5S2/c1-3-32-23(29)17-9-12-20-21(14-17)33-24(25-20)26-22(28)16-5-4-6-18(13-16)27-34(30,31)19-10-7-15(2)8-11-19/h4-14,27H,3H2,1-2H3,(H,25,26,28). The fourth-order valence-corrected chi connectivity index (χ4v) is 5.09. The van der Waals surface area contributed by atoms with Crippen LogP contribution in [-0.4, -0.2) is 31.9 Å². The highest BCUT2D eigenvalue weighted by atomic mass is 32.2. The average molecular weight is 496 g/mol. The van der Waals surface area contributed by atoms with Crippen LogP contribution < -0.4 is 10.0 Å². The number of nitrogens with zero attached hydrogens (tertiary/aromatic N) is 1. The van der Waals surface area contributed by atoms with Gasteiger partial charge in [0.25, 0.3) is 15.9 Å². The van der Waals surface area contributed by atoms with Crippen LogP contribution in [0.3, 0.4) is 0 Å². The average Bonchev–Trinajstić information content (AvgIpc) is 3.21. The molecular formula is C24H21N3O5S2. The Morgan fingerprint density at radius 2 is 1.76 bits per heavy atom. The number of hydrogen-bond acceptors (Lipinski definition) is 7. The third-order valence-corrected chi connectivity index (χ3v) is 7.16. The second-order valence-electron chi connectivity index (χ2n) is 7.38. The number of esters is 1. The van der Waals surface area contributed by atoms with E-state index in [4.69, 9.17) is 4.74 Å². The van der Waals surface area contributed by atoms with Gasteiger partial charge in [0.05, 0.1) is 27.3 Å². The molecule has 0 saturated carbocycles. The SMILES string of the molecule is CCOC(=O)c1ccc2nc(NC(=O)c3cccc(NS(=O)(=O)c4ccc(C)cc4)c3)sc2c1. The third kappa shape index (κ3) is 5.24. The molecule has 3 aromatic carbocycles. The number of aryl methyl sites for hydroxylation is 1. The molecule has 0 aliphatic carbocycles. The summed E-state index contributed by atoms with van der Waals surface area (Å²) >= 11 is 1.22. The first-order valence-corrected chi connectivity index (χ1v) is 12.6. The highest BCUT2D eigenvalue weighted by molar-refractivity contribution is 7.92. The summed E-state index contributed by atoms with van der Waals surface area (Å²) in [6, 6.07) is 17.6. The van der Waals surface area contributed by atoms with Crippen molar-refractivity contribution in [3.63, 3.8) is 0 Å². The van der Waals surface area contributed by atoms with E-state index in [0.29, 0.717) is 16.2 Å². The van der Waals surface area contributed by atoms with Crippen LogP contribution in [-0.2, 0) is 14.8 Å². The van der Waals surface area contributed by atoms with E-state index in [2.05, 4.69) is 15.0 Å². The van der Waals surface area contributed by atoms with Gasteiger partial charge in [-0.05, 0) is 62.4 Å². The normalized spacial score (nSPS) is 11.2. The maximum absolute atomic E-state index is 12.8. The van der Waals surface area contributed by atoms with E-state index in [9.17, 15) is 18.0 Å². The minimum absolute atomic E-state index is 0.129. The molecule has 2 N–H and O–H groups in total. The molecule has 34 heavy (non-hydrogen) atoms. The first-order valence-electron chi connectivity index (χ1n) is 10.3. The Morgan fingerprint density at radius 1 is 1.00 bits per heavy atom. The van der Waals surface area contributed by atoms with Crippen LogP contribution >= 0.6 is 11.3 Å². The number of nitrogens with one attached hydrogen (secondary N) is 2. The van der Waals surface area contributed by atoms with Gasteiger partial charge in [-0.15, -0.1) is 0 Å². The van der Waals surface area contributed by atoms with E-state index in [1.807, 2.05) is 6.92 Å². The third-order valence-electron chi connectivity index (χ3n) is 4.83. The summed E-state index contributed by atoms with van der Waals surface area (Å²) in [5.41, 5.74) is 2.51. The highest BCUT2D eigenvalue weighted by Gasteiger charge is 2.16. The largest absolute Gasteiger partial charge is 0.462 e. The Labute approximate surface area is 200 Å². The van der Waals surface area contributed by atoms with Crippen molar-refractivity contribution < 1.29 is 22.7 Å². The number of aromatic nitrogens is 1. The molecule has 1 amide bonds. The summed E-state index contributed by atoms with van der Waals surface area (Å²) < 4.78 is 33.5. The number of rotatable bonds is 7. The van der Waals surface area contributed by atoms with Crippen LogP contribution in [0.4, 0.5) is 10.8 Å². The second kappa shape index (κ2) is 9.62. The molecule has 4 rings (SSSR count). The van der Waals surface area contributed by atoms with Crippen molar-refractivity contribution in [1.29, 1.82) is 0 Å². The molecule has 174 valence electrons. The Balaban J connectivity index is 1.50. The summed E-state index contributed by atoms with van der Waals surface area (Å²) in [6.45, 7) is 3.89. The van der Waals surface area contributed by atoms with Crippen molar-refractivity contribution in [3.8, 4) is 0 Å².